The van der Waals surface area contributed by atoms with Crippen LogP contribution in [0.2, 0.25) is 5.02 Å². The van der Waals surface area contributed by atoms with Crippen LogP contribution in [0.5, 0.6) is 5.75 Å². The van der Waals surface area contributed by atoms with E-state index in [2.05, 4.69) is 15.4 Å². The molecule has 10 heteroatoms. The Hall–Kier alpha value is -3.72. The molecule has 8 nitrogen and oxygen atoms in total. The predicted octanol–water partition coefficient (Wildman–Crippen LogP) is 2.63. The van der Waals surface area contributed by atoms with E-state index in [9.17, 15) is 14.0 Å². The summed E-state index contributed by atoms with van der Waals surface area (Å²) in [6.07, 6.45) is 2.95. The molecule has 4 rings (SSSR count). The number of aromatic nitrogens is 4. The summed E-state index contributed by atoms with van der Waals surface area (Å²) < 4.78 is 21.2. The van der Waals surface area contributed by atoms with Gasteiger partial charge in [0.1, 0.15) is 23.3 Å². The molecule has 0 atom stereocenters. The fourth-order valence-electron chi connectivity index (χ4n) is 3.09. The maximum Gasteiger partial charge on any atom is 0.264 e. The van der Waals surface area contributed by atoms with Gasteiger partial charge in [0.15, 0.2) is 12.3 Å². The standard InChI is InChI=1S/C22H19ClFN5O3/c23-16-3-1-15(2-4-16)12-28-14-26-21-19(22(28)31)11-27-29(21)10-9-25-20(30)13-32-18-7-5-17(24)6-8-18/h1-8,11,14H,9-10,12-13H2,(H,25,30). The summed E-state index contributed by atoms with van der Waals surface area (Å²) in [5, 5.41) is 7.96. The van der Waals surface area contributed by atoms with Crippen LogP contribution in [0.25, 0.3) is 11.0 Å². The molecule has 2 aromatic heterocycles. The van der Waals surface area contributed by atoms with Gasteiger partial charge < -0.3 is 10.1 Å². The Labute approximate surface area is 187 Å². The highest BCUT2D eigenvalue weighted by molar-refractivity contribution is 6.30. The van der Waals surface area contributed by atoms with Gasteiger partial charge in [0, 0.05) is 11.6 Å². The van der Waals surface area contributed by atoms with E-state index in [1.165, 1.54) is 41.4 Å². The predicted molar refractivity (Wildman–Crippen MR) is 117 cm³/mol. The lowest BCUT2D eigenvalue weighted by Crippen LogP contribution is -2.31. The first-order valence-electron chi connectivity index (χ1n) is 9.80. The van der Waals surface area contributed by atoms with Gasteiger partial charge in [-0.15, -0.1) is 0 Å². The van der Waals surface area contributed by atoms with Crippen molar-refractivity contribution in [3.05, 3.63) is 87.8 Å². The number of nitrogens with one attached hydrogen (secondary N) is 1. The van der Waals surface area contributed by atoms with Crippen molar-refractivity contribution in [3.63, 3.8) is 0 Å². The van der Waals surface area contributed by atoms with Crippen molar-refractivity contribution in [2.24, 2.45) is 0 Å². The number of carbonyl (C=O) groups excluding carboxylic acids is 1. The van der Waals surface area contributed by atoms with Crippen LogP contribution in [0.1, 0.15) is 5.56 Å². The van der Waals surface area contributed by atoms with Gasteiger partial charge in [-0.05, 0) is 42.0 Å². The SMILES string of the molecule is O=C(COc1ccc(F)cc1)NCCn1ncc2c(=O)n(Cc3ccc(Cl)cc3)cnc21. The quantitative estimate of drug-likeness (QED) is 0.441. The van der Waals surface area contributed by atoms with Crippen LogP contribution in [0.4, 0.5) is 4.39 Å². The summed E-state index contributed by atoms with van der Waals surface area (Å²) in [6.45, 7) is 0.782. The van der Waals surface area contributed by atoms with E-state index in [-0.39, 0.29) is 30.4 Å². The van der Waals surface area contributed by atoms with E-state index in [0.717, 1.165) is 5.56 Å². The molecule has 0 radical (unpaired) electrons. The third-order valence-corrected chi connectivity index (χ3v) is 4.97. The first-order chi connectivity index (χ1) is 15.5. The van der Waals surface area contributed by atoms with Crippen molar-refractivity contribution in [1.29, 1.82) is 0 Å². The molecule has 0 aliphatic heterocycles. The Balaban J connectivity index is 1.34. The van der Waals surface area contributed by atoms with E-state index < -0.39 is 0 Å². The lowest BCUT2D eigenvalue weighted by molar-refractivity contribution is -0.123. The van der Waals surface area contributed by atoms with Gasteiger partial charge in [-0.2, -0.15) is 5.10 Å². The molecule has 0 unspecified atom stereocenters. The van der Waals surface area contributed by atoms with Crippen LogP contribution in [-0.2, 0) is 17.9 Å². The van der Waals surface area contributed by atoms with Crippen LogP contribution >= 0.6 is 11.6 Å². The second-order valence-corrected chi connectivity index (χ2v) is 7.44. The molecular formula is C22H19ClFN5O3. The fraction of sp³-hybridized carbons (Fsp3) is 0.182. The molecule has 164 valence electrons. The molecule has 0 saturated heterocycles. The van der Waals surface area contributed by atoms with Crippen molar-refractivity contribution in [2.75, 3.05) is 13.2 Å². The van der Waals surface area contributed by atoms with E-state index in [4.69, 9.17) is 16.3 Å². The highest BCUT2D eigenvalue weighted by Gasteiger charge is 2.11. The van der Waals surface area contributed by atoms with Crippen molar-refractivity contribution in [3.8, 4) is 5.75 Å². The number of hydrogen-bond donors (Lipinski definition) is 1. The van der Waals surface area contributed by atoms with Crippen molar-refractivity contribution in [2.45, 2.75) is 13.1 Å². The highest BCUT2D eigenvalue weighted by atomic mass is 35.5. The van der Waals surface area contributed by atoms with Gasteiger partial charge in [-0.25, -0.2) is 14.1 Å². The Kier molecular flexibility index (Phi) is 6.46. The van der Waals surface area contributed by atoms with E-state index in [0.29, 0.717) is 34.9 Å². The summed E-state index contributed by atoms with van der Waals surface area (Å²) in [5.74, 6) is -0.304. The number of halogens is 2. The van der Waals surface area contributed by atoms with Crippen LogP contribution in [0, 0.1) is 5.82 Å². The summed E-state index contributed by atoms with van der Waals surface area (Å²) in [5.41, 5.74) is 1.17. The van der Waals surface area contributed by atoms with Crippen LogP contribution in [-0.4, -0.2) is 38.4 Å². The lowest BCUT2D eigenvalue weighted by Gasteiger charge is -2.08. The molecule has 4 aromatic rings. The minimum absolute atomic E-state index is 0.195. The molecular weight excluding hydrogens is 437 g/mol. The monoisotopic (exact) mass is 455 g/mol. The average molecular weight is 456 g/mol. The number of benzene rings is 2. The number of fused-ring (bicyclic) bond motifs is 1. The summed E-state index contributed by atoms with van der Waals surface area (Å²) >= 11 is 5.90. The van der Waals surface area contributed by atoms with E-state index in [1.54, 1.807) is 16.8 Å². The normalized spacial score (nSPS) is 10.9. The number of amides is 1. The molecule has 2 heterocycles. The second kappa shape index (κ2) is 9.61. The first kappa shape index (κ1) is 21.5. The summed E-state index contributed by atoms with van der Waals surface area (Å²) in [6, 6.07) is 12.7. The first-order valence-corrected chi connectivity index (χ1v) is 10.2. The van der Waals surface area contributed by atoms with Crippen molar-refractivity contribution >= 4 is 28.5 Å². The zero-order chi connectivity index (χ0) is 22.5. The number of ether oxygens (including phenoxy) is 1. The number of nitrogens with zero attached hydrogens (tertiary/aromatic N) is 4. The van der Waals surface area contributed by atoms with Gasteiger partial charge in [-0.1, -0.05) is 23.7 Å². The van der Waals surface area contributed by atoms with Crippen molar-refractivity contribution < 1.29 is 13.9 Å². The number of hydrogen-bond acceptors (Lipinski definition) is 5. The van der Waals surface area contributed by atoms with Gasteiger partial charge in [-0.3, -0.25) is 14.2 Å². The van der Waals surface area contributed by atoms with Gasteiger partial charge in [0.25, 0.3) is 11.5 Å². The number of rotatable bonds is 8. The second-order valence-electron chi connectivity index (χ2n) is 7.00. The highest BCUT2D eigenvalue weighted by Crippen LogP contribution is 2.12. The molecule has 0 aliphatic carbocycles. The summed E-state index contributed by atoms with van der Waals surface area (Å²) in [4.78, 5) is 29.1. The minimum Gasteiger partial charge on any atom is -0.484 e. The molecule has 0 aliphatic rings. The largest absolute Gasteiger partial charge is 0.484 e. The van der Waals surface area contributed by atoms with Crippen LogP contribution in [0.15, 0.2) is 65.8 Å². The minimum atomic E-state index is -0.376. The molecule has 1 amide bonds. The fourth-order valence-corrected chi connectivity index (χ4v) is 3.22. The molecule has 0 spiro atoms. The Bertz CT molecular complexity index is 1290. The molecule has 0 fully saturated rings. The molecule has 0 saturated carbocycles. The molecule has 2 aromatic carbocycles. The number of carbonyl (C=O) groups is 1. The third-order valence-electron chi connectivity index (χ3n) is 4.72. The summed E-state index contributed by atoms with van der Waals surface area (Å²) in [7, 11) is 0. The molecule has 32 heavy (non-hydrogen) atoms. The van der Waals surface area contributed by atoms with Crippen LogP contribution in [0.3, 0.4) is 0 Å². The third kappa shape index (κ3) is 5.12. The molecule has 1 N–H and O–H groups in total. The zero-order valence-electron chi connectivity index (χ0n) is 16.9. The van der Waals surface area contributed by atoms with Crippen molar-refractivity contribution in [1.82, 2.24) is 24.6 Å². The van der Waals surface area contributed by atoms with E-state index in [1.807, 2.05) is 12.1 Å². The van der Waals surface area contributed by atoms with E-state index >= 15 is 0 Å². The van der Waals surface area contributed by atoms with Gasteiger partial charge in [0.05, 0.1) is 19.3 Å². The average Bonchev–Trinajstić information content (AvgIpc) is 3.20. The Morgan fingerprint density at radius 3 is 2.62 bits per heavy atom. The Morgan fingerprint density at radius 2 is 1.88 bits per heavy atom. The maximum absolute atomic E-state index is 12.9. The van der Waals surface area contributed by atoms with Crippen LogP contribution < -0.4 is 15.6 Å². The lowest BCUT2D eigenvalue weighted by atomic mass is 10.2. The molecule has 0 bridgehead atoms. The van der Waals surface area contributed by atoms with Gasteiger partial charge >= 0.3 is 0 Å². The maximum atomic E-state index is 12.9. The zero-order valence-corrected chi connectivity index (χ0v) is 17.6. The Morgan fingerprint density at radius 1 is 1.12 bits per heavy atom. The van der Waals surface area contributed by atoms with Gasteiger partial charge in [0.2, 0.25) is 0 Å². The topological polar surface area (TPSA) is 91.0 Å². The smallest absolute Gasteiger partial charge is 0.264 e.